The fraction of sp³-hybridized carbons (Fsp3) is 0.562. The zero-order chi connectivity index (χ0) is 13.3. The first-order valence-electron chi connectivity index (χ1n) is 7.30. The first-order valence-corrected chi connectivity index (χ1v) is 7.30. The van der Waals surface area contributed by atoms with Gasteiger partial charge in [0.15, 0.2) is 0 Å². The molecular formula is C16H22N2O. The zero-order valence-corrected chi connectivity index (χ0v) is 11.5. The molecule has 3 rings (SSSR count). The van der Waals surface area contributed by atoms with Crippen molar-refractivity contribution in [2.45, 2.75) is 38.1 Å². The average molecular weight is 258 g/mol. The first kappa shape index (κ1) is 12.7. The van der Waals surface area contributed by atoms with Crippen molar-refractivity contribution in [3.63, 3.8) is 0 Å². The second-order valence-electron chi connectivity index (χ2n) is 5.93. The van der Waals surface area contributed by atoms with Gasteiger partial charge in [0, 0.05) is 6.54 Å². The van der Waals surface area contributed by atoms with Gasteiger partial charge in [-0.05, 0) is 50.3 Å². The maximum atomic E-state index is 12.4. The van der Waals surface area contributed by atoms with Crippen LogP contribution in [0.15, 0.2) is 24.3 Å². The summed E-state index contributed by atoms with van der Waals surface area (Å²) < 4.78 is 0. The van der Waals surface area contributed by atoms with E-state index in [4.69, 9.17) is 0 Å². The predicted octanol–water partition coefficient (Wildman–Crippen LogP) is 2.10. The van der Waals surface area contributed by atoms with E-state index in [1.165, 1.54) is 11.1 Å². The average Bonchev–Trinajstić information content (AvgIpc) is 3.21. The summed E-state index contributed by atoms with van der Waals surface area (Å²) in [5, 5.41) is 6.63. The molecule has 2 aliphatic rings. The Kier molecular flexibility index (Phi) is 3.31. The van der Waals surface area contributed by atoms with Crippen LogP contribution in [0.4, 0.5) is 0 Å². The van der Waals surface area contributed by atoms with Crippen LogP contribution >= 0.6 is 0 Å². The smallest absolute Gasteiger partial charge is 0.225 e. The van der Waals surface area contributed by atoms with E-state index in [1.807, 2.05) is 0 Å². The second kappa shape index (κ2) is 4.97. The van der Waals surface area contributed by atoms with Gasteiger partial charge in [0.2, 0.25) is 5.91 Å². The molecule has 102 valence electrons. The highest BCUT2D eigenvalue weighted by atomic mass is 16.2. The Morgan fingerprint density at radius 1 is 1.37 bits per heavy atom. The van der Waals surface area contributed by atoms with Crippen molar-refractivity contribution in [1.29, 1.82) is 0 Å². The number of carbonyl (C=O) groups is 1. The van der Waals surface area contributed by atoms with Crippen LogP contribution in [0.5, 0.6) is 0 Å². The lowest BCUT2D eigenvalue weighted by Gasteiger charge is -2.26. The van der Waals surface area contributed by atoms with E-state index in [-0.39, 0.29) is 17.4 Å². The largest absolute Gasteiger partial charge is 0.346 e. The number of benzene rings is 1. The van der Waals surface area contributed by atoms with Crippen LogP contribution in [-0.4, -0.2) is 19.0 Å². The lowest BCUT2D eigenvalue weighted by atomic mass is 9.95. The van der Waals surface area contributed by atoms with Gasteiger partial charge >= 0.3 is 0 Å². The van der Waals surface area contributed by atoms with E-state index < -0.39 is 0 Å². The molecule has 0 spiro atoms. The SMILES string of the molecule is Cc1ccccc1C1(NC(=O)C2CCCNC2)CC1. The van der Waals surface area contributed by atoms with Crippen molar-refractivity contribution in [3.8, 4) is 0 Å². The Bertz CT molecular complexity index is 473. The van der Waals surface area contributed by atoms with Gasteiger partial charge in [-0.1, -0.05) is 24.3 Å². The topological polar surface area (TPSA) is 41.1 Å². The monoisotopic (exact) mass is 258 g/mol. The molecule has 1 aliphatic carbocycles. The summed E-state index contributed by atoms with van der Waals surface area (Å²) in [7, 11) is 0. The van der Waals surface area contributed by atoms with E-state index in [1.54, 1.807) is 0 Å². The van der Waals surface area contributed by atoms with Gasteiger partial charge in [0.05, 0.1) is 11.5 Å². The fourth-order valence-corrected chi connectivity index (χ4v) is 3.11. The van der Waals surface area contributed by atoms with Crippen LogP contribution in [0.2, 0.25) is 0 Å². The van der Waals surface area contributed by atoms with Gasteiger partial charge in [-0.3, -0.25) is 4.79 Å². The molecule has 1 aliphatic heterocycles. The predicted molar refractivity (Wildman–Crippen MR) is 75.8 cm³/mol. The molecule has 19 heavy (non-hydrogen) atoms. The van der Waals surface area contributed by atoms with Crippen LogP contribution in [0.3, 0.4) is 0 Å². The standard InChI is InChI=1S/C16H22N2O/c1-12-5-2-3-7-14(12)16(8-9-16)18-15(19)13-6-4-10-17-11-13/h2-3,5,7,13,17H,4,6,8-11H2,1H3,(H,18,19). The number of piperidine rings is 1. The third-order valence-electron chi connectivity index (χ3n) is 4.44. The Labute approximate surface area is 114 Å². The van der Waals surface area contributed by atoms with Crippen LogP contribution in [-0.2, 0) is 10.3 Å². The van der Waals surface area contributed by atoms with Crippen molar-refractivity contribution in [2.75, 3.05) is 13.1 Å². The highest BCUT2D eigenvalue weighted by molar-refractivity contribution is 5.80. The van der Waals surface area contributed by atoms with Crippen molar-refractivity contribution in [3.05, 3.63) is 35.4 Å². The molecule has 0 radical (unpaired) electrons. The molecule has 1 amide bonds. The highest BCUT2D eigenvalue weighted by Crippen LogP contribution is 2.46. The van der Waals surface area contributed by atoms with Crippen molar-refractivity contribution in [1.82, 2.24) is 10.6 Å². The molecule has 3 heteroatoms. The van der Waals surface area contributed by atoms with E-state index >= 15 is 0 Å². The van der Waals surface area contributed by atoms with Gasteiger partial charge in [-0.15, -0.1) is 0 Å². The summed E-state index contributed by atoms with van der Waals surface area (Å²) in [5.41, 5.74) is 2.51. The summed E-state index contributed by atoms with van der Waals surface area (Å²) in [6, 6.07) is 8.41. The van der Waals surface area contributed by atoms with Gasteiger partial charge in [-0.2, -0.15) is 0 Å². The third kappa shape index (κ3) is 2.52. The summed E-state index contributed by atoms with van der Waals surface area (Å²) in [6.07, 6.45) is 4.27. The third-order valence-corrected chi connectivity index (χ3v) is 4.44. The number of hydrogen-bond donors (Lipinski definition) is 2. The van der Waals surface area contributed by atoms with Crippen LogP contribution in [0.25, 0.3) is 0 Å². The molecule has 1 aromatic rings. The van der Waals surface area contributed by atoms with E-state index in [0.29, 0.717) is 0 Å². The highest BCUT2D eigenvalue weighted by Gasteiger charge is 2.47. The summed E-state index contributed by atoms with van der Waals surface area (Å²) in [5.74, 6) is 0.378. The lowest BCUT2D eigenvalue weighted by molar-refractivity contribution is -0.126. The minimum atomic E-state index is -0.0696. The fourth-order valence-electron chi connectivity index (χ4n) is 3.11. The van der Waals surface area contributed by atoms with E-state index in [9.17, 15) is 4.79 Å². The number of nitrogens with one attached hydrogen (secondary N) is 2. The molecule has 3 nitrogen and oxygen atoms in total. The van der Waals surface area contributed by atoms with Crippen molar-refractivity contribution >= 4 is 5.91 Å². The number of aryl methyl sites for hydroxylation is 1. The molecule has 1 aromatic carbocycles. The molecule has 2 N–H and O–H groups in total. The van der Waals surface area contributed by atoms with Crippen molar-refractivity contribution < 1.29 is 4.79 Å². The minimum absolute atomic E-state index is 0.0696. The maximum Gasteiger partial charge on any atom is 0.225 e. The number of carbonyl (C=O) groups excluding carboxylic acids is 1. The number of amides is 1. The molecular weight excluding hydrogens is 236 g/mol. The Hall–Kier alpha value is -1.35. The Morgan fingerprint density at radius 3 is 2.79 bits per heavy atom. The number of rotatable bonds is 3. The minimum Gasteiger partial charge on any atom is -0.346 e. The molecule has 1 saturated carbocycles. The van der Waals surface area contributed by atoms with Gasteiger partial charge < -0.3 is 10.6 Å². The Balaban J connectivity index is 1.72. The van der Waals surface area contributed by atoms with Crippen LogP contribution in [0, 0.1) is 12.8 Å². The molecule has 0 aromatic heterocycles. The lowest BCUT2D eigenvalue weighted by Crippen LogP contribution is -2.44. The normalized spacial score (nSPS) is 24.8. The Morgan fingerprint density at radius 2 is 2.16 bits per heavy atom. The first-order chi connectivity index (χ1) is 9.21. The van der Waals surface area contributed by atoms with E-state index in [0.717, 1.165) is 38.8 Å². The number of hydrogen-bond acceptors (Lipinski definition) is 2. The summed E-state index contributed by atoms with van der Waals surface area (Å²) in [4.78, 5) is 12.4. The summed E-state index contributed by atoms with van der Waals surface area (Å²) in [6.45, 7) is 4.01. The second-order valence-corrected chi connectivity index (χ2v) is 5.93. The summed E-state index contributed by atoms with van der Waals surface area (Å²) >= 11 is 0. The van der Waals surface area contributed by atoms with Gasteiger partial charge in [0.25, 0.3) is 0 Å². The van der Waals surface area contributed by atoms with Gasteiger partial charge in [-0.25, -0.2) is 0 Å². The molecule has 1 unspecified atom stereocenters. The molecule has 1 heterocycles. The van der Waals surface area contributed by atoms with Crippen LogP contribution in [0.1, 0.15) is 36.8 Å². The van der Waals surface area contributed by atoms with Crippen molar-refractivity contribution in [2.24, 2.45) is 5.92 Å². The van der Waals surface area contributed by atoms with Crippen LogP contribution < -0.4 is 10.6 Å². The molecule has 1 saturated heterocycles. The molecule has 2 fully saturated rings. The van der Waals surface area contributed by atoms with Gasteiger partial charge in [0.1, 0.15) is 0 Å². The van der Waals surface area contributed by atoms with E-state index in [2.05, 4.69) is 41.8 Å². The quantitative estimate of drug-likeness (QED) is 0.871. The molecule has 1 atom stereocenters. The molecule has 0 bridgehead atoms. The maximum absolute atomic E-state index is 12.4. The zero-order valence-electron chi connectivity index (χ0n) is 11.5.